The number of hydrogen-bond acceptors (Lipinski definition) is 4. The highest BCUT2D eigenvalue weighted by molar-refractivity contribution is 5.79. The highest BCUT2D eigenvalue weighted by Crippen LogP contribution is 2.36. The first-order valence-electron chi connectivity index (χ1n) is 7.12. The molecule has 2 fully saturated rings. The Morgan fingerprint density at radius 2 is 2.00 bits per heavy atom. The molecule has 6 nitrogen and oxygen atoms in total. The zero-order valence-electron chi connectivity index (χ0n) is 12.4. The second kappa shape index (κ2) is 7.77. The van der Waals surface area contributed by atoms with Gasteiger partial charge < -0.3 is 20.1 Å². The van der Waals surface area contributed by atoms with Crippen molar-refractivity contribution in [1.29, 1.82) is 0 Å². The van der Waals surface area contributed by atoms with E-state index in [4.69, 9.17) is 14.6 Å². The molecule has 9 heteroatoms. The molecule has 2 aliphatic rings. The van der Waals surface area contributed by atoms with E-state index >= 15 is 0 Å². The van der Waals surface area contributed by atoms with Crippen LogP contribution in [0.3, 0.4) is 0 Å². The monoisotopic (exact) mass is 326 g/mol. The van der Waals surface area contributed by atoms with Crippen LogP contribution in [0.5, 0.6) is 0 Å². The van der Waals surface area contributed by atoms with Crippen LogP contribution in [-0.4, -0.2) is 66.4 Å². The lowest BCUT2D eigenvalue weighted by Crippen LogP contribution is -2.68. The number of rotatable bonds is 3. The number of nitrogens with one attached hydrogen (secondary N) is 1. The number of aliphatic carboxylic acids is 1. The Morgan fingerprint density at radius 3 is 2.36 bits per heavy atom. The molecule has 2 saturated heterocycles. The number of halogens is 3. The summed E-state index contributed by atoms with van der Waals surface area (Å²) in [6.07, 6.45) is -1.60. The molecule has 2 heterocycles. The van der Waals surface area contributed by atoms with Crippen LogP contribution in [-0.2, 0) is 14.3 Å². The normalized spacial score (nSPS) is 24.3. The first-order valence-corrected chi connectivity index (χ1v) is 7.12. The molecule has 0 aromatic rings. The van der Waals surface area contributed by atoms with E-state index in [1.54, 1.807) is 0 Å². The molecule has 0 saturated carbocycles. The van der Waals surface area contributed by atoms with Crippen LogP contribution in [0.4, 0.5) is 13.2 Å². The zero-order valence-corrected chi connectivity index (χ0v) is 12.4. The van der Waals surface area contributed by atoms with E-state index < -0.39 is 12.1 Å². The van der Waals surface area contributed by atoms with Gasteiger partial charge in [0.2, 0.25) is 5.91 Å². The Hall–Kier alpha value is -1.35. The van der Waals surface area contributed by atoms with Crippen LogP contribution < -0.4 is 5.32 Å². The number of carbonyl (C=O) groups excluding carboxylic acids is 1. The topological polar surface area (TPSA) is 78.9 Å². The maximum absolute atomic E-state index is 11.8. The van der Waals surface area contributed by atoms with Crippen LogP contribution in [0.25, 0.3) is 0 Å². The lowest BCUT2D eigenvalue weighted by atomic mass is 9.78. The fraction of sp³-hybridized carbons (Fsp3) is 0.846. The van der Waals surface area contributed by atoms with Gasteiger partial charge in [0, 0.05) is 19.7 Å². The predicted octanol–water partition coefficient (Wildman–Crippen LogP) is 1.01. The molecule has 1 atom stereocenters. The van der Waals surface area contributed by atoms with E-state index in [9.17, 15) is 18.0 Å². The van der Waals surface area contributed by atoms with Crippen molar-refractivity contribution in [3.05, 3.63) is 0 Å². The molecular formula is C13H21F3N2O4. The van der Waals surface area contributed by atoms with Gasteiger partial charge in [-0.3, -0.25) is 4.79 Å². The SMILES string of the molecule is CCOCC(=O)N1CCC12CCCNC2.O=C(O)C(F)(F)F. The van der Waals surface area contributed by atoms with Gasteiger partial charge in [0.1, 0.15) is 6.61 Å². The van der Waals surface area contributed by atoms with Crippen molar-refractivity contribution in [2.45, 2.75) is 37.9 Å². The number of ether oxygens (including phenoxy) is 1. The average Bonchev–Trinajstić information content (AvgIpc) is 2.44. The summed E-state index contributed by atoms with van der Waals surface area (Å²) in [5, 5.41) is 10.5. The van der Waals surface area contributed by atoms with E-state index in [-0.39, 0.29) is 18.1 Å². The summed E-state index contributed by atoms with van der Waals surface area (Å²) in [4.78, 5) is 22.7. The summed E-state index contributed by atoms with van der Waals surface area (Å²) in [5.74, 6) is -2.60. The number of likely N-dealkylation sites (tertiary alicyclic amines) is 1. The molecule has 128 valence electrons. The Labute approximate surface area is 126 Å². The molecule has 22 heavy (non-hydrogen) atoms. The Balaban J connectivity index is 0.000000295. The first-order chi connectivity index (χ1) is 10.2. The quantitative estimate of drug-likeness (QED) is 0.809. The average molecular weight is 326 g/mol. The summed E-state index contributed by atoms with van der Waals surface area (Å²) < 4.78 is 36.9. The largest absolute Gasteiger partial charge is 0.490 e. The highest BCUT2D eigenvalue weighted by Gasteiger charge is 2.47. The van der Waals surface area contributed by atoms with Crippen LogP contribution in [0.1, 0.15) is 26.2 Å². The van der Waals surface area contributed by atoms with E-state index in [1.165, 1.54) is 6.42 Å². The predicted molar refractivity (Wildman–Crippen MR) is 71.3 cm³/mol. The van der Waals surface area contributed by atoms with Gasteiger partial charge in [0.15, 0.2) is 0 Å². The third-order valence-corrected chi connectivity index (χ3v) is 3.80. The van der Waals surface area contributed by atoms with E-state index in [1.807, 2.05) is 11.8 Å². The van der Waals surface area contributed by atoms with Gasteiger partial charge in [0.25, 0.3) is 0 Å². The van der Waals surface area contributed by atoms with Crippen molar-refractivity contribution in [2.75, 3.05) is 32.8 Å². The molecule has 1 spiro atoms. The third kappa shape index (κ3) is 4.84. The molecule has 1 amide bonds. The molecule has 0 aromatic carbocycles. The molecule has 0 aromatic heterocycles. The minimum atomic E-state index is -5.08. The van der Waals surface area contributed by atoms with Gasteiger partial charge in [0.05, 0.1) is 5.54 Å². The Bertz CT molecular complexity index is 395. The maximum atomic E-state index is 11.8. The summed E-state index contributed by atoms with van der Waals surface area (Å²) in [5.41, 5.74) is 0.131. The maximum Gasteiger partial charge on any atom is 0.490 e. The van der Waals surface area contributed by atoms with Crippen LogP contribution in [0.2, 0.25) is 0 Å². The molecule has 0 aliphatic carbocycles. The second-order valence-electron chi connectivity index (χ2n) is 5.24. The summed E-state index contributed by atoms with van der Waals surface area (Å²) in [7, 11) is 0. The molecule has 1 unspecified atom stereocenters. The van der Waals surface area contributed by atoms with Crippen molar-refractivity contribution in [1.82, 2.24) is 10.2 Å². The number of alkyl halides is 3. The van der Waals surface area contributed by atoms with E-state index in [0.29, 0.717) is 6.61 Å². The molecule has 2 rings (SSSR count). The van der Waals surface area contributed by atoms with Gasteiger partial charge in [-0.2, -0.15) is 13.2 Å². The van der Waals surface area contributed by atoms with Crippen molar-refractivity contribution >= 4 is 11.9 Å². The van der Waals surface area contributed by atoms with Gasteiger partial charge >= 0.3 is 12.1 Å². The fourth-order valence-electron chi connectivity index (χ4n) is 2.59. The number of piperidine rings is 1. The van der Waals surface area contributed by atoms with Crippen LogP contribution in [0.15, 0.2) is 0 Å². The zero-order chi connectivity index (χ0) is 16.8. The standard InChI is InChI=1S/C11H20N2O2.C2HF3O2/c1-2-15-8-10(14)13-7-5-11(13)4-3-6-12-9-11;3-2(4,5)1(6)7/h12H,2-9H2,1H3;(H,6,7). The molecule has 0 bridgehead atoms. The van der Waals surface area contributed by atoms with Gasteiger partial charge in [-0.1, -0.05) is 0 Å². The fourth-order valence-corrected chi connectivity index (χ4v) is 2.59. The van der Waals surface area contributed by atoms with Gasteiger partial charge in [-0.05, 0) is 32.7 Å². The van der Waals surface area contributed by atoms with E-state index in [2.05, 4.69) is 5.32 Å². The van der Waals surface area contributed by atoms with Crippen LogP contribution in [0, 0.1) is 0 Å². The second-order valence-corrected chi connectivity index (χ2v) is 5.24. The number of hydrogen-bond donors (Lipinski definition) is 2. The van der Waals surface area contributed by atoms with E-state index in [0.717, 1.165) is 32.5 Å². The molecular weight excluding hydrogens is 305 g/mol. The Morgan fingerprint density at radius 1 is 1.36 bits per heavy atom. The summed E-state index contributed by atoms with van der Waals surface area (Å²) in [6, 6.07) is 0. The van der Waals surface area contributed by atoms with Gasteiger partial charge in [-0.15, -0.1) is 0 Å². The third-order valence-electron chi connectivity index (χ3n) is 3.80. The smallest absolute Gasteiger partial charge is 0.475 e. The lowest BCUT2D eigenvalue weighted by molar-refractivity contribution is -0.192. The molecule has 0 radical (unpaired) electrons. The molecule has 2 N–H and O–H groups in total. The minimum Gasteiger partial charge on any atom is -0.475 e. The number of carbonyl (C=O) groups is 2. The molecule has 2 aliphatic heterocycles. The van der Waals surface area contributed by atoms with Crippen molar-refractivity contribution < 1.29 is 32.6 Å². The summed E-state index contributed by atoms with van der Waals surface area (Å²) >= 11 is 0. The number of amides is 1. The van der Waals surface area contributed by atoms with Crippen molar-refractivity contribution in [3.63, 3.8) is 0 Å². The number of carboxylic acids is 1. The Kier molecular flexibility index (Phi) is 6.61. The lowest BCUT2D eigenvalue weighted by Gasteiger charge is -2.55. The number of carboxylic acid groups (broad SMARTS) is 1. The highest BCUT2D eigenvalue weighted by atomic mass is 19.4. The van der Waals surface area contributed by atoms with Crippen molar-refractivity contribution in [3.8, 4) is 0 Å². The number of nitrogens with zero attached hydrogens (tertiary/aromatic N) is 1. The van der Waals surface area contributed by atoms with Gasteiger partial charge in [-0.25, -0.2) is 4.79 Å². The van der Waals surface area contributed by atoms with Crippen LogP contribution >= 0.6 is 0 Å². The van der Waals surface area contributed by atoms with Crippen molar-refractivity contribution in [2.24, 2.45) is 0 Å². The first kappa shape index (κ1) is 18.7. The summed E-state index contributed by atoms with van der Waals surface area (Å²) in [6.45, 7) is 5.75. The minimum absolute atomic E-state index is 0.131.